The van der Waals surface area contributed by atoms with Gasteiger partial charge in [0.1, 0.15) is 17.3 Å². The number of aromatic nitrogens is 1. The topological polar surface area (TPSA) is 72.5 Å². The highest BCUT2D eigenvalue weighted by molar-refractivity contribution is 6.32. The molecule has 0 aliphatic carbocycles. The zero-order valence-electron chi connectivity index (χ0n) is 14.8. The number of halogens is 1. The smallest absolute Gasteiger partial charge is 0.257 e. The van der Waals surface area contributed by atoms with Gasteiger partial charge < -0.3 is 20.1 Å². The first-order valence-electron chi connectivity index (χ1n) is 8.11. The highest BCUT2D eigenvalue weighted by Crippen LogP contribution is 2.28. The lowest BCUT2D eigenvalue weighted by atomic mass is 10.2. The van der Waals surface area contributed by atoms with Crippen LogP contribution < -0.4 is 20.1 Å². The van der Waals surface area contributed by atoms with E-state index in [1.54, 1.807) is 56.7 Å². The number of amides is 1. The molecule has 0 aliphatic heterocycles. The summed E-state index contributed by atoms with van der Waals surface area (Å²) in [6.07, 6.45) is 1.50. The van der Waals surface area contributed by atoms with Gasteiger partial charge in [0.15, 0.2) is 0 Å². The summed E-state index contributed by atoms with van der Waals surface area (Å²) in [4.78, 5) is 16.6. The van der Waals surface area contributed by atoms with Gasteiger partial charge in [0, 0.05) is 23.6 Å². The number of pyridine rings is 1. The Balaban J connectivity index is 1.67. The van der Waals surface area contributed by atoms with Gasteiger partial charge in [0.2, 0.25) is 0 Å². The predicted octanol–water partition coefficient (Wildman–Crippen LogP) is 4.75. The van der Waals surface area contributed by atoms with Gasteiger partial charge in [0.25, 0.3) is 5.91 Å². The number of benzene rings is 2. The molecule has 2 aromatic carbocycles. The van der Waals surface area contributed by atoms with Crippen molar-refractivity contribution in [3.63, 3.8) is 0 Å². The third kappa shape index (κ3) is 4.68. The first-order chi connectivity index (χ1) is 13.1. The first kappa shape index (κ1) is 18.5. The van der Waals surface area contributed by atoms with Crippen LogP contribution in [0, 0.1) is 0 Å². The minimum absolute atomic E-state index is 0.255. The van der Waals surface area contributed by atoms with Crippen LogP contribution in [0.3, 0.4) is 0 Å². The van der Waals surface area contributed by atoms with Crippen LogP contribution in [0.15, 0.2) is 60.8 Å². The quantitative estimate of drug-likeness (QED) is 0.642. The lowest BCUT2D eigenvalue weighted by Gasteiger charge is -2.09. The van der Waals surface area contributed by atoms with Crippen molar-refractivity contribution in [2.24, 2.45) is 0 Å². The number of rotatable bonds is 6. The highest BCUT2D eigenvalue weighted by Gasteiger charge is 2.08. The van der Waals surface area contributed by atoms with Crippen molar-refractivity contribution in [3.8, 4) is 11.5 Å². The minimum Gasteiger partial charge on any atom is -0.497 e. The summed E-state index contributed by atoms with van der Waals surface area (Å²) >= 11 is 6.11. The monoisotopic (exact) mass is 383 g/mol. The molecule has 0 radical (unpaired) electrons. The van der Waals surface area contributed by atoms with Crippen LogP contribution in [-0.2, 0) is 0 Å². The van der Waals surface area contributed by atoms with Gasteiger partial charge in [-0.2, -0.15) is 0 Å². The number of carbonyl (C=O) groups is 1. The average molecular weight is 384 g/mol. The van der Waals surface area contributed by atoms with Crippen molar-refractivity contribution in [1.29, 1.82) is 0 Å². The van der Waals surface area contributed by atoms with Gasteiger partial charge >= 0.3 is 0 Å². The number of ether oxygens (including phenoxy) is 2. The van der Waals surface area contributed by atoms with Gasteiger partial charge in [-0.05, 0) is 42.5 Å². The summed E-state index contributed by atoms with van der Waals surface area (Å²) in [5.41, 5.74) is 1.85. The van der Waals surface area contributed by atoms with E-state index < -0.39 is 0 Å². The second-order valence-corrected chi connectivity index (χ2v) is 6.00. The molecule has 6 nitrogen and oxygen atoms in total. The molecule has 0 saturated carbocycles. The van der Waals surface area contributed by atoms with Gasteiger partial charge in [-0.3, -0.25) is 4.79 Å². The number of anilines is 3. The summed E-state index contributed by atoms with van der Waals surface area (Å²) in [5, 5.41) is 6.44. The molecule has 3 aromatic rings. The van der Waals surface area contributed by atoms with E-state index in [2.05, 4.69) is 15.6 Å². The summed E-state index contributed by atoms with van der Waals surface area (Å²) in [6.45, 7) is 0. The molecule has 0 saturated heterocycles. The molecule has 0 unspecified atom stereocenters. The minimum atomic E-state index is -0.255. The fourth-order valence-corrected chi connectivity index (χ4v) is 2.66. The summed E-state index contributed by atoms with van der Waals surface area (Å²) in [6, 6.07) is 15.9. The molecule has 27 heavy (non-hydrogen) atoms. The maximum atomic E-state index is 12.4. The Morgan fingerprint density at radius 3 is 2.52 bits per heavy atom. The standard InChI is InChI=1S/C20H18ClN3O3/c1-26-16-5-3-4-14(10-16)24-20(25)13-6-9-19(22-12-13)23-15-7-8-18(27-2)17(21)11-15/h3-12H,1-2H3,(H,22,23)(H,24,25). The van der Waals surface area contributed by atoms with Gasteiger partial charge in [-0.15, -0.1) is 0 Å². The summed E-state index contributed by atoms with van der Waals surface area (Å²) < 4.78 is 10.3. The highest BCUT2D eigenvalue weighted by atomic mass is 35.5. The molecule has 3 rings (SSSR count). The maximum absolute atomic E-state index is 12.4. The summed E-state index contributed by atoms with van der Waals surface area (Å²) in [7, 11) is 3.14. The molecule has 7 heteroatoms. The fourth-order valence-electron chi connectivity index (χ4n) is 2.40. The Morgan fingerprint density at radius 1 is 1.00 bits per heavy atom. The normalized spacial score (nSPS) is 10.2. The predicted molar refractivity (Wildman–Crippen MR) is 106 cm³/mol. The lowest BCUT2D eigenvalue weighted by Crippen LogP contribution is -2.12. The number of methoxy groups -OCH3 is 2. The van der Waals surface area contributed by atoms with Crippen molar-refractivity contribution in [2.45, 2.75) is 0 Å². The number of nitrogens with one attached hydrogen (secondary N) is 2. The van der Waals surface area contributed by atoms with Crippen LogP contribution in [-0.4, -0.2) is 25.1 Å². The van der Waals surface area contributed by atoms with Gasteiger partial charge in [0.05, 0.1) is 24.8 Å². The van der Waals surface area contributed by atoms with E-state index in [1.807, 2.05) is 12.1 Å². The number of hydrogen-bond donors (Lipinski definition) is 2. The lowest BCUT2D eigenvalue weighted by molar-refractivity contribution is 0.102. The molecule has 0 spiro atoms. The third-order valence-corrected chi connectivity index (χ3v) is 4.07. The molecule has 1 amide bonds. The van der Waals surface area contributed by atoms with E-state index in [4.69, 9.17) is 21.1 Å². The van der Waals surface area contributed by atoms with Crippen LogP contribution in [0.5, 0.6) is 11.5 Å². The SMILES string of the molecule is COc1cccc(NC(=O)c2ccc(Nc3ccc(OC)c(Cl)c3)nc2)c1. The van der Waals surface area contributed by atoms with E-state index in [9.17, 15) is 4.79 Å². The first-order valence-corrected chi connectivity index (χ1v) is 8.49. The van der Waals surface area contributed by atoms with Gasteiger partial charge in [-0.25, -0.2) is 4.98 Å². The third-order valence-electron chi connectivity index (χ3n) is 3.78. The van der Waals surface area contributed by atoms with Crippen molar-refractivity contribution in [3.05, 3.63) is 71.4 Å². The summed E-state index contributed by atoms with van der Waals surface area (Å²) in [5.74, 6) is 1.60. The Morgan fingerprint density at radius 2 is 1.85 bits per heavy atom. The zero-order chi connectivity index (χ0) is 19.2. The van der Waals surface area contributed by atoms with Gasteiger partial charge in [-0.1, -0.05) is 17.7 Å². The van der Waals surface area contributed by atoms with Crippen LogP contribution in [0.25, 0.3) is 0 Å². The molecule has 1 aromatic heterocycles. The number of carbonyl (C=O) groups excluding carboxylic acids is 1. The Kier molecular flexibility index (Phi) is 5.78. The second kappa shape index (κ2) is 8.42. The molecule has 1 heterocycles. The van der Waals surface area contributed by atoms with Crippen LogP contribution in [0.1, 0.15) is 10.4 Å². The average Bonchev–Trinajstić information content (AvgIpc) is 2.69. The van der Waals surface area contributed by atoms with Crippen molar-refractivity contribution >= 4 is 34.7 Å². The van der Waals surface area contributed by atoms with Crippen molar-refractivity contribution in [2.75, 3.05) is 24.9 Å². The molecule has 0 atom stereocenters. The van der Waals surface area contributed by atoms with Crippen LogP contribution in [0.4, 0.5) is 17.2 Å². The largest absolute Gasteiger partial charge is 0.497 e. The van der Waals surface area contributed by atoms with E-state index >= 15 is 0 Å². The fraction of sp³-hybridized carbons (Fsp3) is 0.100. The number of nitrogens with zero attached hydrogens (tertiary/aromatic N) is 1. The molecular formula is C20H18ClN3O3. The molecular weight excluding hydrogens is 366 g/mol. The van der Waals surface area contributed by atoms with Crippen molar-refractivity contribution < 1.29 is 14.3 Å². The van der Waals surface area contributed by atoms with Crippen LogP contribution >= 0.6 is 11.6 Å². The number of hydrogen-bond acceptors (Lipinski definition) is 5. The Hall–Kier alpha value is -3.25. The van der Waals surface area contributed by atoms with E-state index in [-0.39, 0.29) is 5.91 Å². The molecule has 0 bridgehead atoms. The molecule has 138 valence electrons. The van der Waals surface area contributed by atoms with Crippen LogP contribution in [0.2, 0.25) is 5.02 Å². The second-order valence-electron chi connectivity index (χ2n) is 5.59. The molecule has 2 N–H and O–H groups in total. The van der Waals surface area contributed by atoms with E-state index in [1.165, 1.54) is 6.20 Å². The van der Waals surface area contributed by atoms with E-state index in [0.717, 1.165) is 5.69 Å². The molecule has 0 fully saturated rings. The zero-order valence-corrected chi connectivity index (χ0v) is 15.6. The van der Waals surface area contributed by atoms with Crippen molar-refractivity contribution in [1.82, 2.24) is 4.98 Å². The Bertz CT molecular complexity index is 945. The Labute approximate surface area is 162 Å². The van der Waals surface area contributed by atoms with E-state index in [0.29, 0.717) is 33.6 Å². The molecule has 0 aliphatic rings. The maximum Gasteiger partial charge on any atom is 0.257 e.